The van der Waals surface area contributed by atoms with Crippen LogP contribution in [0.1, 0.15) is 13.3 Å². The number of carbonyl (C=O) groups is 1. The van der Waals surface area contributed by atoms with E-state index in [-0.39, 0.29) is 5.91 Å². The summed E-state index contributed by atoms with van der Waals surface area (Å²) >= 11 is 0. The maximum atomic E-state index is 11.6. The van der Waals surface area contributed by atoms with Crippen LogP contribution in [0.25, 0.3) is 0 Å². The number of hydrogen-bond donors (Lipinski definition) is 2. The van der Waals surface area contributed by atoms with Crippen molar-refractivity contribution in [3.63, 3.8) is 0 Å². The minimum Gasteiger partial charge on any atom is -0.497 e. The van der Waals surface area contributed by atoms with E-state index in [1.54, 1.807) is 26.4 Å². The van der Waals surface area contributed by atoms with E-state index in [1.165, 1.54) is 0 Å². The molecule has 4 nitrogen and oxygen atoms in total. The lowest BCUT2D eigenvalue weighted by Gasteiger charge is -2.05. The fourth-order valence-corrected chi connectivity index (χ4v) is 1.43. The van der Waals surface area contributed by atoms with Gasteiger partial charge < -0.3 is 15.4 Å². The molecule has 0 spiro atoms. The molecule has 0 aliphatic rings. The first kappa shape index (κ1) is 14.8. The number of rotatable bonds is 6. The Morgan fingerprint density at radius 2 is 2.00 bits per heavy atom. The lowest BCUT2D eigenvalue weighted by atomic mass is 10.2. The predicted molar refractivity (Wildman–Crippen MR) is 78.2 cm³/mol. The average molecular weight is 260 g/mol. The van der Waals surface area contributed by atoms with Gasteiger partial charge in [-0.2, -0.15) is 0 Å². The fourth-order valence-electron chi connectivity index (χ4n) is 1.43. The van der Waals surface area contributed by atoms with Gasteiger partial charge in [0.15, 0.2) is 0 Å². The third kappa shape index (κ3) is 4.87. The van der Waals surface area contributed by atoms with Gasteiger partial charge in [0, 0.05) is 18.9 Å². The van der Waals surface area contributed by atoms with Crippen LogP contribution in [0.15, 0.2) is 48.2 Å². The molecular weight excluding hydrogens is 240 g/mol. The minimum atomic E-state index is -0.120. The summed E-state index contributed by atoms with van der Waals surface area (Å²) in [5.74, 6) is 0.678. The zero-order valence-electron chi connectivity index (χ0n) is 11.6. The molecule has 1 aromatic carbocycles. The van der Waals surface area contributed by atoms with Gasteiger partial charge in [0.05, 0.1) is 12.7 Å². The van der Waals surface area contributed by atoms with Gasteiger partial charge in [0.25, 0.3) is 5.91 Å². The number of anilines is 1. The first-order valence-electron chi connectivity index (χ1n) is 6.20. The van der Waals surface area contributed by atoms with Crippen LogP contribution >= 0.6 is 0 Å². The molecule has 2 N–H and O–H groups in total. The Balaban J connectivity index is 2.78. The molecule has 19 heavy (non-hydrogen) atoms. The van der Waals surface area contributed by atoms with Gasteiger partial charge in [-0.25, -0.2) is 0 Å². The first-order valence-corrected chi connectivity index (χ1v) is 6.20. The maximum Gasteiger partial charge on any atom is 0.252 e. The van der Waals surface area contributed by atoms with Crippen LogP contribution in [-0.2, 0) is 4.79 Å². The Morgan fingerprint density at radius 1 is 1.32 bits per heavy atom. The van der Waals surface area contributed by atoms with Crippen LogP contribution in [0.3, 0.4) is 0 Å². The molecule has 4 heteroatoms. The number of amides is 1. The van der Waals surface area contributed by atoms with Gasteiger partial charge >= 0.3 is 0 Å². The molecule has 0 heterocycles. The van der Waals surface area contributed by atoms with Crippen LogP contribution in [-0.4, -0.2) is 20.1 Å². The van der Waals surface area contributed by atoms with E-state index < -0.39 is 0 Å². The lowest BCUT2D eigenvalue weighted by Crippen LogP contribution is -2.19. The summed E-state index contributed by atoms with van der Waals surface area (Å²) in [6.07, 6.45) is 6.32. The minimum absolute atomic E-state index is 0.120. The smallest absolute Gasteiger partial charge is 0.252 e. The van der Waals surface area contributed by atoms with Crippen molar-refractivity contribution in [2.24, 2.45) is 0 Å². The summed E-state index contributed by atoms with van der Waals surface area (Å²) in [5.41, 5.74) is 1.48. The van der Waals surface area contributed by atoms with Gasteiger partial charge in [-0.05, 0) is 30.7 Å². The number of nitrogens with one attached hydrogen (secondary N) is 2. The Hall–Kier alpha value is -2.23. The first-order chi connectivity index (χ1) is 9.21. The third-order valence-corrected chi connectivity index (χ3v) is 2.51. The summed E-state index contributed by atoms with van der Waals surface area (Å²) < 4.78 is 5.09. The second-order valence-corrected chi connectivity index (χ2v) is 3.86. The normalized spacial score (nSPS) is 11.4. The molecule has 0 fully saturated rings. The highest BCUT2D eigenvalue weighted by molar-refractivity contribution is 5.96. The molecule has 0 atom stereocenters. The molecule has 0 aromatic heterocycles. The van der Waals surface area contributed by atoms with E-state index in [0.29, 0.717) is 5.57 Å². The molecule has 0 saturated heterocycles. The topological polar surface area (TPSA) is 50.4 Å². The Bertz CT molecular complexity index is 462. The van der Waals surface area contributed by atoms with Crippen molar-refractivity contribution in [1.82, 2.24) is 5.32 Å². The zero-order valence-corrected chi connectivity index (χ0v) is 11.6. The molecule has 102 valence electrons. The van der Waals surface area contributed by atoms with Gasteiger partial charge in [-0.1, -0.05) is 19.1 Å². The zero-order chi connectivity index (χ0) is 14.1. The number of ether oxygens (including phenoxy) is 1. The highest BCUT2D eigenvalue weighted by atomic mass is 16.5. The van der Waals surface area contributed by atoms with Crippen LogP contribution in [0.5, 0.6) is 5.75 Å². The lowest BCUT2D eigenvalue weighted by molar-refractivity contribution is -0.116. The van der Waals surface area contributed by atoms with Gasteiger partial charge in [-0.3, -0.25) is 4.79 Å². The molecule has 0 unspecified atom stereocenters. The largest absolute Gasteiger partial charge is 0.497 e. The quantitative estimate of drug-likeness (QED) is 0.611. The van der Waals surface area contributed by atoms with E-state index >= 15 is 0 Å². The van der Waals surface area contributed by atoms with E-state index in [0.717, 1.165) is 17.9 Å². The summed E-state index contributed by atoms with van der Waals surface area (Å²) in [5, 5.41) is 5.70. The maximum absolute atomic E-state index is 11.6. The van der Waals surface area contributed by atoms with Crippen LogP contribution in [0.2, 0.25) is 0 Å². The second kappa shape index (κ2) is 7.97. The van der Waals surface area contributed by atoms with E-state index in [9.17, 15) is 4.79 Å². The number of benzene rings is 1. The van der Waals surface area contributed by atoms with Crippen molar-refractivity contribution in [3.05, 3.63) is 48.2 Å². The number of methoxy groups -OCH3 is 1. The Morgan fingerprint density at radius 3 is 2.53 bits per heavy atom. The highest BCUT2D eigenvalue weighted by Crippen LogP contribution is 2.15. The van der Waals surface area contributed by atoms with Crippen LogP contribution < -0.4 is 15.4 Å². The van der Waals surface area contributed by atoms with Crippen LogP contribution in [0.4, 0.5) is 5.69 Å². The van der Waals surface area contributed by atoms with Crippen molar-refractivity contribution in [2.75, 3.05) is 19.5 Å². The monoisotopic (exact) mass is 260 g/mol. The molecule has 0 aliphatic carbocycles. The average Bonchev–Trinajstić information content (AvgIpc) is 2.47. The summed E-state index contributed by atoms with van der Waals surface area (Å²) in [4.78, 5) is 11.6. The highest BCUT2D eigenvalue weighted by Gasteiger charge is 2.02. The summed E-state index contributed by atoms with van der Waals surface area (Å²) in [6, 6.07) is 7.50. The number of hydrogen-bond acceptors (Lipinski definition) is 3. The molecule has 1 aromatic rings. The van der Waals surface area contributed by atoms with E-state index in [4.69, 9.17) is 4.74 Å². The van der Waals surface area contributed by atoms with Crippen molar-refractivity contribution >= 4 is 11.6 Å². The van der Waals surface area contributed by atoms with Gasteiger partial charge in [0.2, 0.25) is 0 Å². The Labute approximate surface area is 114 Å². The molecule has 0 saturated carbocycles. The fraction of sp³-hybridized carbons (Fsp3) is 0.267. The SMILES string of the molecule is CC/C=C/C(=C/Nc1ccc(OC)cc1)C(=O)NC. The molecular formula is C15H20N2O2. The molecule has 1 amide bonds. The summed E-state index contributed by atoms with van der Waals surface area (Å²) in [7, 11) is 3.24. The van der Waals surface area contributed by atoms with Crippen LogP contribution in [0, 0.1) is 0 Å². The summed E-state index contributed by atoms with van der Waals surface area (Å²) in [6.45, 7) is 2.02. The standard InChI is InChI=1S/C15H20N2O2/c1-4-5-6-12(15(18)16-2)11-17-13-7-9-14(19-3)10-8-13/h5-11,17H,4H2,1-3H3,(H,16,18)/b6-5+,12-11-. The third-order valence-electron chi connectivity index (χ3n) is 2.51. The molecule has 1 rings (SSSR count). The number of likely N-dealkylation sites (N-methyl/N-ethyl adjacent to an activating group) is 1. The van der Waals surface area contributed by atoms with Gasteiger partial charge in [-0.15, -0.1) is 0 Å². The van der Waals surface area contributed by atoms with Crippen molar-refractivity contribution in [3.8, 4) is 5.75 Å². The molecule has 0 radical (unpaired) electrons. The van der Waals surface area contributed by atoms with E-state index in [2.05, 4.69) is 10.6 Å². The number of allylic oxidation sites excluding steroid dienone is 1. The number of carbonyl (C=O) groups excluding carboxylic acids is 1. The van der Waals surface area contributed by atoms with Crippen molar-refractivity contribution in [1.29, 1.82) is 0 Å². The molecule has 0 aliphatic heterocycles. The van der Waals surface area contributed by atoms with Gasteiger partial charge in [0.1, 0.15) is 5.75 Å². The second-order valence-electron chi connectivity index (χ2n) is 3.86. The Kier molecular flexibility index (Phi) is 6.22. The predicted octanol–water partition coefficient (Wildman–Crippen LogP) is 2.70. The van der Waals surface area contributed by atoms with E-state index in [1.807, 2.05) is 37.3 Å². The van der Waals surface area contributed by atoms with Crippen molar-refractivity contribution in [2.45, 2.75) is 13.3 Å². The van der Waals surface area contributed by atoms with Crippen molar-refractivity contribution < 1.29 is 9.53 Å². The molecule has 0 bridgehead atoms.